The van der Waals surface area contributed by atoms with Crippen molar-refractivity contribution < 1.29 is 9.90 Å². The molecule has 0 aromatic heterocycles. The predicted molar refractivity (Wildman–Crippen MR) is 71.9 cm³/mol. The molecular formula is C14H20N2O2. The van der Waals surface area contributed by atoms with Crippen molar-refractivity contribution in [2.45, 2.75) is 32.2 Å². The number of anilines is 1. The average molecular weight is 248 g/mol. The molecule has 1 heterocycles. The molecule has 1 aliphatic rings. The summed E-state index contributed by atoms with van der Waals surface area (Å²) in [6.07, 6.45) is 2.54. The minimum Gasteiger partial charge on any atom is -0.396 e. The van der Waals surface area contributed by atoms with Crippen LogP contribution in [-0.2, 0) is 6.42 Å². The van der Waals surface area contributed by atoms with Gasteiger partial charge in [-0.3, -0.25) is 4.79 Å². The highest BCUT2D eigenvalue weighted by molar-refractivity contribution is 5.95. The van der Waals surface area contributed by atoms with Gasteiger partial charge in [-0.25, -0.2) is 0 Å². The first-order chi connectivity index (χ1) is 8.70. The monoisotopic (exact) mass is 248 g/mol. The molecule has 3 N–H and O–H groups in total. The maximum absolute atomic E-state index is 12.0. The Bertz CT molecular complexity index is 432. The summed E-state index contributed by atoms with van der Waals surface area (Å²) >= 11 is 0. The van der Waals surface area contributed by atoms with E-state index in [1.807, 2.05) is 25.1 Å². The van der Waals surface area contributed by atoms with E-state index >= 15 is 0 Å². The summed E-state index contributed by atoms with van der Waals surface area (Å²) in [7, 11) is 0. The van der Waals surface area contributed by atoms with E-state index in [0.29, 0.717) is 12.0 Å². The number of aliphatic hydroxyl groups excluding tert-OH is 1. The zero-order valence-corrected chi connectivity index (χ0v) is 10.7. The van der Waals surface area contributed by atoms with Gasteiger partial charge in [-0.05, 0) is 43.9 Å². The Labute approximate surface area is 107 Å². The molecule has 1 aromatic carbocycles. The van der Waals surface area contributed by atoms with Crippen molar-refractivity contribution in [3.63, 3.8) is 0 Å². The third-order valence-corrected chi connectivity index (χ3v) is 3.25. The lowest BCUT2D eigenvalue weighted by Crippen LogP contribution is -2.32. The Morgan fingerprint density at radius 1 is 1.56 bits per heavy atom. The Kier molecular flexibility index (Phi) is 4.20. The van der Waals surface area contributed by atoms with Gasteiger partial charge in [0.05, 0.1) is 0 Å². The number of benzene rings is 1. The van der Waals surface area contributed by atoms with Gasteiger partial charge in [-0.1, -0.05) is 6.07 Å². The van der Waals surface area contributed by atoms with Crippen LogP contribution in [0, 0.1) is 0 Å². The molecule has 1 aliphatic heterocycles. The maximum atomic E-state index is 12.0. The third kappa shape index (κ3) is 3.01. The lowest BCUT2D eigenvalue weighted by atomic mass is 10.1. The van der Waals surface area contributed by atoms with Crippen LogP contribution in [0.2, 0.25) is 0 Å². The predicted octanol–water partition coefficient (Wildman–Crippen LogP) is 1.55. The molecule has 4 heteroatoms. The smallest absolute Gasteiger partial charge is 0.251 e. The van der Waals surface area contributed by atoms with E-state index < -0.39 is 0 Å². The molecule has 0 aliphatic carbocycles. The second-order valence-corrected chi connectivity index (χ2v) is 4.79. The molecule has 0 saturated heterocycles. The molecule has 98 valence electrons. The molecule has 0 spiro atoms. The largest absolute Gasteiger partial charge is 0.396 e. The first kappa shape index (κ1) is 12.9. The second-order valence-electron chi connectivity index (χ2n) is 4.79. The second kappa shape index (κ2) is 5.87. The van der Waals surface area contributed by atoms with Crippen LogP contribution in [0.1, 0.15) is 35.7 Å². The molecule has 4 nitrogen and oxygen atoms in total. The maximum Gasteiger partial charge on any atom is 0.251 e. The van der Waals surface area contributed by atoms with Gasteiger partial charge < -0.3 is 15.7 Å². The fourth-order valence-electron chi connectivity index (χ4n) is 2.21. The Hall–Kier alpha value is -1.55. The van der Waals surface area contributed by atoms with Gasteiger partial charge in [-0.2, -0.15) is 0 Å². The van der Waals surface area contributed by atoms with E-state index in [9.17, 15) is 4.79 Å². The van der Waals surface area contributed by atoms with Crippen LogP contribution in [0.25, 0.3) is 0 Å². The molecule has 0 radical (unpaired) electrons. The molecule has 1 atom stereocenters. The summed E-state index contributed by atoms with van der Waals surface area (Å²) in [5.74, 6) is -0.0445. The van der Waals surface area contributed by atoms with Crippen LogP contribution < -0.4 is 10.6 Å². The summed E-state index contributed by atoms with van der Waals surface area (Å²) in [5, 5.41) is 15.0. The molecular weight excluding hydrogens is 228 g/mol. The van der Waals surface area contributed by atoms with Crippen molar-refractivity contribution in [2.75, 3.05) is 18.5 Å². The molecule has 0 fully saturated rings. The van der Waals surface area contributed by atoms with Crippen LogP contribution in [0.5, 0.6) is 0 Å². The van der Waals surface area contributed by atoms with Crippen molar-refractivity contribution in [1.29, 1.82) is 0 Å². The zero-order valence-electron chi connectivity index (χ0n) is 10.7. The number of carbonyl (C=O) groups excluding carboxylic acids is 1. The van der Waals surface area contributed by atoms with Gasteiger partial charge in [-0.15, -0.1) is 0 Å². The normalized spacial score (nSPS) is 14.8. The topological polar surface area (TPSA) is 61.4 Å². The first-order valence-electron chi connectivity index (χ1n) is 6.49. The van der Waals surface area contributed by atoms with Crippen LogP contribution in [0.3, 0.4) is 0 Å². The Balaban J connectivity index is 1.96. The van der Waals surface area contributed by atoms with Gasteiger partial charge in [0.1, 0.15) is 0 Å². The molecule has 0 bridgehead atoms. The van der Waals surface area contributed by atoms with Gasteiger partial charge in [0.2, 0.25) is 0 Å². The number of hydrogen-bond donors (Lipinski definition) is 3. The molecule has 18 heavy (non-hydrogen) atoms. The fraction of sp³-hybridized carbons (Fsp3) is 0.500. The summed E-state index contributed by atoms with van der Waals surface area (Å²) < 4.78 is 0. The third-order valence-electron chi connectivity index (χ3n) is 3.25. The highest BCUT2D eigenvalue weighted by Gasteiger charge is 2.14. The van der Waals surface area contributed by atoms with E-state index in [2.05, 4.69) is 10.6 Å². The van der Waals surface area contributed by atoms with Crippen molar-refractivity contribution in [1.82, 2.24) is 5.32 Å². The Morgan fingerprint density at radius 2 is 2.39 bits per heavy atom. The van der Waals surface area contributed by atoms with Crippen molar-refractivity contribution >= 4 is 11.6 Å². The van der Waals surface area contributed by atoms with Crippen LogP contribution >= 0.6 is 0 Å². The SMILES string of the molecule is CC(CCCO)NC(=O)c1ccc2c(c1)NCC2. The lowest BCUT2D eigenvalue weighted by molar-refractivity contribution is 0.0936. The standard InChI is InChI=1S/C14H20N2O2/c1-10(3-2-8-17)16-14(18)12-5-4-11-6-7-15-13(11)9-12/h4-5,9-10,15,17H,2-3,6-8H2,1H3,(H,16,18). The van der Waals surface area contributed by atoms with E-state index in [1.165, 1.54) is 5.56 Å². The number of amides is 1. The summed E-state index contributed by atoms with van der Waals surface area (Å²) in [4.78, 5) is 12.0. The fourth-order valence-corrected chi connectivity index (χ4v) is 2.21. The number of hydrogen-bond acceptors (Lipinski definition) is 3. The first-order valence-corrected chi connectivity index (χ1v) is 6.49. The number of aliphatic hydroxyl groups is 1. The van der Waals surface area contributed by atoms with E-state index in [1.54, 1.807) is 0 Å². The minimum absolute atomic E-state index is 0.0445. The molecule has 1 unspecified atom stereocenters. The molecule has 1 amide bonds. The van der Waals surface area contributed by atoms with E-state index in [0.717, 1.165) is 25.1 Å². The van der Waals surface area contributed by atoms with E-state index in [-0.39, 0.29) is 18.6 Å². The van der Waals surface area contributed by atoms with Crippen molar-refractivity contribution in [2.24, 2.45) is 0 Å². The quantitative estimate of drug-likeness (QED) is 0.741. The van der Waals surface area contributed by atoms with Gasteiger partial charge in [0, 0.05) is 30.4 Å². The lowest BCUT2D eigenvalue weighted by Gasteiger charge is -2.13. The number of fused-ring (bicyclic) bond motifs is 1. The van der Waals surface area contributed by atoms with Gasteiger partial charge >= 0.3 is 0 Å². The summed E-state index contributed by atoms with van der Waals surface area (Å²) in [6, 6.07) is 5.89. The number of carbonyl (C=O) groups is 1. The van der Waals surface area contributed by atoms with Gasteiger partial charge in [0.25, 0.3) is 5.91 Å². The summed E-state index contributed by atoms with van der Waals surface area (Å²) in [6.45, 7) is 3.08. The Morgan fingerprint density at radius 3 is 3.17 bits per heavy atom. The highest BCUT2D eigenvalue weighted by atomic mass is 16.2. The molecule has 0 saturated carbocycles. The molecule has 2 rings (SSSR count). The van der Waals surface area contributed by atoms with Crippen molar-refractivity contribution in [3.8, 4) is 0 Å². The van der Waals surface area contributed by atoms with E-state index in [4.69, 9.17) is 5.11 Å². The summed E-state index contributed by atoms with van der Waals surface area (Å²) in [5.41, 5.74) is 3.05. The van der Waals surface area contributed by atoms with Crippen molar-refractivity contribution in [3.05, 3.63) is 29.3 Å². The van der Waals surface area contributed by atoms with Crippen LogP contribution in [0.4, 0.5) is 5.69 Å². The number of rotatable bonds is 5. The number of nitrogens with one attached hydrogen (secondary N) is 2. The van der Waals surface area contributed by atoms with Crippen LogP contribution in [0.15, 0.2) is 18.2 Å². The zero-order chi connectivity index (χ0) is 13.0. The van der Waals surface area contributed by atoms with Gasteiger partial charge in [0.15, 0.2) is 0 Å². The highest BCUT2D eigenvalue weighted by Crippen LogP contribution is 2.23. The van der Waals surface area contributed by atoms with Crippen LogP contribution in [-0.4, -0.2) is 30.2 Å². The molecule has 1 aromatic rings. The average Bonchev–Trinajstić information content (AvgIpc) is 2.83. The minimum atomic E-state index is -0.0445.